The maximum atomic E-state index is 7.26. The molecule has 1 N–H and O–H groups in total. The van der Waals surface area contributed by atoms with E-state index in [1.54, 1.807) is 0 Å². The van der Waals surface area contributed by atoms with Crippen LogP contribution in [-0.2, 0) is 5.41 Å². The zero-order valence-electron chi connectivity index (χ0n) is 48.2. The molecule has 0 saturated heterocycles. The van der Waals surface area contributed by atoms with Crippen molar-refractivity contribution in [1.82, 2.24) is 4.57 Å². The highest BCUT2D eigenvalue weighted by atomic mass is 16.3. The Balaban J connectivity index is 0.000000357. The highest BCUT2D eigenvalue weighted by molar-refractivity contribution is 6.16. The smallest absolute Gasteiger partial charge is 0.145 e. The summed E-state index contributed by atoms with van der Waals surface area (Å²) < 4.78 is 16.6. The Hall–Kier alpha value is -10.6. The van der Waals surface area contributed by atoms with Gasteiger partial charge in [0.2, 0.25) is 0 Å². The van der Waals surface area contributed by atoms with Gasteiger partial charge in [0.1, 0.15) is 22.3 Å². The van der Waals surface area contributed by atoms with Crippen LogP contribution in [0.1, 0.15) is 73.8 Å². The monoisotopic (exact) mass is 1100 g/mol. The molecule has 0 fully saturated rings. The van der Waals surface area contributed by atoms with Crippen molar-refractivity contribution in [3.8, 4) is 16.8 Å². The summed E-state index contributed by atoms with van der Waals surface area (Å²) in [5.74, 6) is 0. The molecule has 3 aromatic heterocycles. The van der Waals surface area contributed by atoms with Crippen LogP contribution in [0.2, 0.25) is 0 Å². The molecule has 0 atom stereocenters. The third-order valence-electron chi connectivity index (χ3n) is 17.5. The van der Waals surface area contributed by atoms with Crippen molar-refractivity contribution in [2.24, 2.45) is 0 Å². The van der Waals surface area contributed by atoms with Crippen molar-refractivity contribution >= 4 is 108 Å². The lowest BCUT2D eigenvalue weighted by atomic mass is 9.65. The molecule has 3 heterocycles. The van der Waals surface area contributed by atoms with Gasteiger partial charge in [-0.15, -0.1) is 0 Å². The minimum absolute atomic E-state index is 0.767. The molecule has 408 valence electrons. The summed E-state index contributed by atoms with van der Waals surface area (Å²) in [6.07, 6.45) is 11.0. The van der Waals surface area contributed by atoms with Gasteiger partial charge in [0.25, 0.3) is 0 Å². The maximum Gasteiger partial charge on any atom is 0.145 e. The van der Waals surface area contributed by atoms with Gasteiger partial charge in [-0.1, -0.05) is 199 Å². The van der Waals surface area contributed by atoms with Gasteiger partial charge >= 0.3 is 0 Å². The number of fused-ring (bicyclic) bond motifs is 18. The third kappa shape index (κ3) is 8.21. The van der Waals surface area contributed by atoms with E-state index in [2.05, 4.69) is 311 Å². The lowest BCUT2D eigenvalue weighted by molar-refractivity contribution is 0.661. The molecular weight excluding hydrogens is 1030 g/mol. The number of nitrogens with zero attached hydrogens (tertiary/aromatic N) is 2. The van der Waals surface area contributed by atoms with Crippen molar-refractivity contribution in [3.63, 3.8) is 0 Å². The van der Waals surface area contributed by atoms with E-state index in [1.807, 2.05) is 6.08 Å². The summed E-state index contributed by atoms with van der Waals surface area (Å²) in [7, 11) is 0. The Morgan fingerprint density at radius 1 is 0.459 bits per heavy atom. The van der Waals surface area contributed by atoms with E-state index in [0.717, 1.165) is 117 Å². The second kappa shape index (κ2) is 20.4. The van der Waals surface area contributed by atoms with Gasteiger partial charge in [0.05, 0.1) is 27.7 Å². The zero-order chi connectivity index (χ0) is 57.5. The minimum atomic E-state index is -0.767. The first-order valence-corrected chi connectivity index (χ1v) is 29.3. The van der Waals surface area contributed by atoms with Crippen LogP contribution < -0.4 is 10.2 Å². The topological polar surface area (TPSA) is 46.5 Å². The van der Waals surface area contributed by atoms with E-state index in [4.69, 9.17) is 8.83 Å². The number of furan rings is 2. The lowest BCUT2D eigenvalue weighted by Gasteiger charge is -2.35. The number of aryl methyl sites for hydroxylation is 4. The minimum Gasteiger partial charge on any atom is -0.455 e. The van der Waals surface area contributed by atoms with Crippen molar-refractivity contribution in [2.45, 2.75) is 40.0 Å². The van der Waals surface area contributed by atoms with E-state index < -0.39 is 5.41 Å². The number of benzene rings is 11. The van der Waals surface area contributed by atoms with Crippen molar-refractivity contribution < 1.29 is 8.83 Å². The Labute approximate surface area is 495 Å². The fourth-order valence-corrected chi connectivity index (χ4v) is 13.5. The Bertz CT molecular complexity index is 4890. The molecule has 5 nitrogen and oxygen atoms in total. The average Bonchev–Trinajstić information content (AvgIpc) is 1.55. The number of rotatable bonds is 8. The van der Waals surface area contributed by atoms with Gasteiger partial charge in [0.15, 0.2) is 0 Å². The fraction of sp³-hybridized carbons (Fsp3) is 0.0750. The molecular formula is C80H61N3O2. The normalized spacial score (nSPS) is 12.8. The molecule has 16 rings (SSSR count). The predicted octanol–water partition coefficient (Wildman–Crippen LogP) is 22.1. The van der Waals surface area contributed by atoms with Gasteiger partial charge in [0, 0.05) is 66.7 Å². The fourth-order valence-electron chi connectivity index (χ4n) is 13.5. The Morgan fingerprint density at radius 2 is 0.965 bits per heavy atom. The highest BCUT2D eigenvalue weighted by Crippen LogP contribution is 2.61. The SMILES string of the molecule is C=Cc1c(/C=C\C)n(-c2cc3c(c4oc5ccccc5c24)C=Cc2c(ccc4c2oc2ccccc24)C32c3ccccc3-c3ccccc32)c2ccc(N(c3ccc(C)cc3)c3ccc(C)cc3)cc12.Cc1ccc(Nc2ccc(C)cc2)cc1. The molecule has 0 saturated carbocycles. The van der Waals surface area contributed by atoms with Gasteiger partial charge in [-0.25, -0.2) is 0 Å². The van der Waals surface area contributed by atoms with Crippen LogP contribution in [0.5, 0.6) is 0 Å². The van der Waals surface area contributed by atoms with Crippen LogP contribution in [-0.4, -0.2) is 4.57 Å². The molecule has 2 aliphatic rings. The molecule has 11 aromatic carbocycles. The summed E-state index contributed by atoms with van der Waals surface area (Å²) in [6, 6.07) is 83.2. The standard InChI is InChI=1S/C66H46N2O2.C14H15N/c1-5-15-58-45(6-2)53-38-44(67(42-28-24-40(3)25-29-42)43-30-26-41(4)27-31-43)32-37-59(53)68(58)60-39-57-51(65-63(60)52-19-10-14-23-62(52)70-65)34-33-50-56(36-35-49-48-18-9-13-22-61(48)69-64(49)50)66(57)54-20-11-7-16-46(54)47-17-8-12-21-55(47)66;1-11-3-7-13(8-4-11)15-14-9-5-12(2)6-10-14/h5-39H,2H2,1,3-4H3;3-10,15H,1-2H3/b15-5-;. The molecule has 0 bridgehead atoms. The quantitative estimate of drug-likeness (QED) is 0.165. The van der Waals surface area contributed by atoms with Gasteiger partial charge in [-0.2, -0.15) is 0 Å². The van der Waals surface area contributed by atoms with E-state index in [-0.39, 0.29) is 0 Å². The molecule has 0 amide bonds. The summed E-state index contributed by atoms with van der Waals surface area (Å²) >= 11 is 0. The molecule has 0 unspecified atom stereocenters. The van der Waals surface area contributed by atoms with Crippen molar-refractivity contribution in [3.05, 3.63) is 310 Å². The molecule has 14 aromatic rings. The summed E-state index contributed by atoms with van der Waals surface area (Å²) in [6.45, 7) is 15.1. The average molecular weight is 1100 g/mol. The molecule has 2 aliphatic carbocycles. The highest BCUT2D eigenvalue weighted by Gasteiger charge is 2.50. The number of hydrogen-bond donors (Lipinski definition) is 1. The first-order valence-electron chi connectivity index (χ1n) is 29.3. The van der Waals surface area contributed by atoms with E-state index in [9.17, 15) is 0 Å². The number of aromatic nitrogens is 1. The summed E-state index contributed by atoms with van der Waals surface area (Å²) in [4.78, 5) is 2.35. The van der Waals surface area contributed by atoms with E-state index >= 15 is 0 Å². The van der Waals surface area contributed by atoms with Crippen molar-refractivity contribution in [1.29, 1.82) is 0 Å². The van der Waals surface area contributed by atoms with E-state index in [1.165, 1.54) is 50.1 Å². The van der Waals surface area contributed by atoms with E-state index in [0.29, 0.717) is 0 Å². The van der Waals surface area contributed by atoms with Gasteiger partial charge < -0.3 is 23.6 Å². The van der Waals surface area contributed by atoms with Gasteiger partial charge in [-0.3, -0.25) is 0 Å². The number of hydrogen-bond acceptors (Lipinski definition) is 4. The van der Waals surface area contributed by atoms with Crippen LogP contribution in [0, 0.1) is 27.7 Å². The summed E-state index contributed by atoms with van der Waals surface area (Å²) in [5, 5.41) is 8.78. The second-order valence-corrected chi connectivity index (χ2v) is 22.7. The molecule has 0 aliphatic heterocycles. The zero-order valence-corrected chi connectivity index (χ0v) is 48.2. The van der Waals surface area contributed by atoms with Crippen molar-refractivity contribution in [2.75, 3.05) is 10.2 Å². The van der Waals surface area contributed by atoms with Crippen LogP contribution in [0.15, 0.2) is 252 Å². The maximum absolute atomic E-state index is 7.26. The van der Waals surface area contributed by atoms with Gasteiger partial charge in [-0.05, 0) is 159 Å². The second-order valence-electron chi connectivity index (χ2n) is 22.7. The Morgan fingerprint density at radius 3 is 1.55 bits per heavy atom. The molecule has 0 radical (unpaired) electrons. The third-order valence-corrected chi connectivity index (χ3v) is 17.5. The molecule has 85 heavy (non-hydrogen) atoms. The summed E-state index contributed by atoms with van der Waals surface area (Å²) in [5.41, 5.74) is 26.7. The van der Waals surface area contributed by atoms with Crippen LogP contribution in [0.4, 0.5) is 28.4 Å². The first-order chi connectivity index (χ1) is 41.7. The number of nitrogens with one attached hydrogen (secondary N) is 1. The number of para-hydroxylation sites is 2. The molecule has 5 heteroatoms. The molecule has 1 spiro atoms. The number of allylic oxidation sites excluding steroid dienone is 1. The largest absolute Gasteiger partial charge is 0.455 e. The lowest BCUT2D eigenvalue weighted by Crippen LogP contribution is -2.30. The van der Waals surface area contributed by atoms with Crippen LogP contribution in [0.3, 0.4) is 0 Å². The Kier molecular flexibility index (Phi) is 12.3. The van der Waals surface area contributed by atoms with Crippen LogP contribution in [0.25, 0.3) is 95.9 Å². The number of anilines is 5. The van der Waals surface area contributed by atoms with Crippen LogP contribution >= 0.6 is 0 Å². The predicted molar refractivity (Wildman–Crippen MR) is 359 cm³/mol. The first kappa shape index (κ1) is 51.3.